The van der Waals surface area contributed by atoms with Gasteiger partial charge in [0.05, 0.1) is 12.1 Å². The summed E-state index contributed by atoms with van der Waals surface area (Å²) in [6, 6.07) is 8.54. The van der Waals surface area contributed by atoms with Crippen LogP contribution in [0.15, 0.2) is 49.8 Å². The van der Waals surface area contributed by atoms with Crippen molar-refractivity contribution >= 4 is 38.4 Å². The summed E-state index contributed by atoms with van der Waals surface area (Å²) in [7, 11) is -3.57. The predicted molar refractivity (Wildman–Crippen MR) is 96.5 cm³/mol. The average Bonchev–Trinajstić information content (AvgIpc) is 3.29. The molecule has 0 fully saturated rings. The monoisotopic (exact) mass is 396 g/mol. The SMILES string of the molecule is Cc1cc(CC(=O)NCC(c2cccs2)S(=O)(=O)c2cccs2)no1. The van der Waals surface area contributed by atoms with Crippen molar-refractivity contribution in [3.05, 3.63) is 57.4 Å². The molecule has 0 bridgehead atoms. The third-order valence-electron chi connectivity index (χ3n) is 3.51. The van der Waals surface area contributed by atoms with Gasteiger partial charge in [-0.15, -0.1) is 22.7 Å². The maximum absolute atomic E-state index is 12.9. The zero-order valence-corrected chi connectivity index (χ0v) is 15.8. The fourth-order valence-electron chi connectivity index (χ4n) is 2.34. The number of rotatable bonds is 7. The number of carbonyl (C=O) groups is 1. The average molecular weight is 397 g/mol. The molecule has 6 nitrogen and oxygen atoms in total. The van der Waals surface area contributed by atoms with Crippen LogP contribution >= 0.6 is 22.7 Å². The Bertz CT molecular complexity index is 928. The number of amides is 1. The van der Waals surface area contributed by atoms with E-state index in [0.717, 1.165) is 0 Å². The molecule has 9 heteroatoms. The topological polar surface area (TPSA) is 89.3 Å². The van der Waals surface area contributed by atoms with Crippen LogP contribution in [-0.4, -0.2) is 26.0 Å². The highest BCUT2D eigenvalue weighted by molar-refractivity contribution is 7.93. The Morgan fingerprint density at radius 1 is 1.28 bits per heavy atom. The lowest BCUT2D eigenvalue weighted by Gasteiger charge is -2.16. The molecule has 0 aromatic carbocycles. The fourth-order valence-corrected chi connectivity index (χ4v) is 6.33. The first-order valence-corrected chi connectivity index (χ1v) is 10.8. The second-order valence-electron chi connectivity index (χ2n) is 5.39. The van der Waals surface area contributed by atoms with Crippen molar-refractivity contribution in [1.82, 2.24) is 10.5 Å². The molecule has 1 N–H and O–H groups in total. The third-order valence-corrected chi connectivity index (χ3v) is 8.16. The number of nitrogens with zero attached hydrogens (tertiary/aromatic N) is 1. The van der Waals surface area contributed by atoms with Gasteiger partial charge >= 0.3 is 0 Å². The molecule has 3 heterocycles. The molecule has 1 amide bonds. The summed E-state index contributed by atoms with van der Waals surface area (Å²) in [5, 5.41) is 9.22. The lowest BCUT2D eigenvalue weighted by Crippen LogP contribution is -2.32. The van der Waals surface area contributed by atoms with Crippen LogP contribution in [-0.2, 0) is 21.1 Å². The van der Waals surface area contributed by atoms with Gasteiger partial charge in [0.25, 0.3) is 0 Å². The number of aromatic nitrogens is 1. The standard InChI is InChI=1S/C16H16N2O4S3/c1-11-8-12(18-22-11)9-15(19)17-10-14(13-4-2-6-23-13)25(20,21)16-5-3-7-24-16/h2-8,14H,9-10H2,1H3,(H,17,19). The maximum atomic E-state index is 12.9. The van der Waals surface area contributed by atoms with E-state index in [0.29, 0.717) is 20.5 Å². The van der Waals surface area contributed by atoms with Crippen molar-refractivity contribution in [1.29, 1.82) is 0 Å². The normalized spacial score (nSPS) is 12.8. The summed E-state index contributed by atoms with van der Waals surface area (Å²) in [4.78, 5) is 12.8. The van der Waals surface area contributed by atoms with E-state index in [9.17, 15) is 13.2 Å². The Morgan fingerprint density at radius 2 is 2.04 bits per heavy atom. The Balaban J connectivity index is 1.74. The van der Waals surface area contributed by atoms with Crippen LogP contribution in [0.4, 0.5) is 0 Å². The lowest BCUT2D eigenvalue weighted by atomic mass is 10.2. The predicted octanol–water partition coefficient (Wildman–Crippen LogP) is 2.98. The molecule has 1 unspecified atom stereocenters. The van der Waals surface area contributed by atoms with Gasteiger partial charge in [0.1, 0.15) is 15.2 Å². The van der Waals surface area contributed by atoms with E-state index in [1.165, 1.54) is 22.7 Å². The van der Waals surface area contributed by atoms with E-state index in [2.05, 4.69) is 10.5 Å². The summed E-state index contributed by atoms with van der Waals surface area (Å²) in [5.74, 6) is 0.329. The van der Waals surface area contributed by atoms with Crippen LogP contribution in [0.25, 0.3) is 0 Å². The molecular weight excluding hydrogens is 380 g/mol. The number of nitrogens with one attached hydrogen (secondary N) is 1. The Labute approximate surface area is 153 Å². The van der Waals surface area contributed by atoms with Crippen molar-refractivity contribution in [2.24, 2.45) is 0 Å². The maximum Gasteiger partial charge on any atom is 0.226 e. The van der Waals surface area contributed by atoms with Gasteiger partial charge in [0.15, 0.2) is 9.84 Å². The van der Waals surface area contributed by atoms with Crippen molar-refractivity contribution in [2.45, 2.75) is 22.8 Å². The number of carbonyl (C=O) groups excluding carboxylic acids is 1. The highest BCUT2D eigenvalue weighted by Crippen LogP contribution is 2.33. The molecule has 0 saturated carbocycles. The molecule has 0 aliphatic rings. The Hall–Kier alpha value is -1.97. The number of hydrogen-bond acceptors (Lipinski definition) is 7. The van der Waals surface area contributed by atoms with Crippen LogP contribution in [0.1, 0.15) is 21.6 Å². The Kier molecular flexibility index (Phi) is 5.36. The van der Waals surface area contributed by atoms with E-state index < -0.39 is 15.1 Å². The van der Waals surface area contributed by atoms with Crippen LogP contribution in [0.5, 0.6) is 0 Å². The van der Waals surface area contributed by atoms with Gasteiger partial charge in [-0.05, 0) is 29.8 Å². The first-order valence-electron chi connectivity index (χ1n) is 7.46. The molecule has 0 aliphatic heterocycles. The quantitative estimate of drug-likeness (QED) is 0.663. The second kappa shape index (κ2) is 7.51. The molecule has 3 rings (SSSR count). The summed E-state index contributed by atoms with van der Waals surface area (Å²) < 4.78 is 31.0. The van der Waals surface area contributed by atoms with Crippen molar-refractivity contribution in [3.63, 3.8) is 0 Å². The number of thiophene rings is 2. The van der Waals surface area contributed by atoms with E-state index in [-0.39, 0.29) is 18.9 Å². The summed E-state index contributed by atoms with van der Waals surface area (Å²) in [6.07, 6.45) is 0.0492. The molecule has 132 valence electrons. The molecule has 0 aliphatic carbocycles. The smallest absolute Gasteiger partial charge is 0.226 e. The number of aryl methyl sites for hydroxylation is 1. The second-order valence-corrected chi connectivity index (χ2v) is 9.68. The molecular formula is C16H16N2O4S3. The molecule has 0 saturated heterocycles. The van der Waals surface area contributed by atoms with Crippen LogP contribution < -0.4 is 5.32 Å². The molecule has 25 heavy (non-hydrogen) atoms. The third kappa shape index (κ3) is 4.17. The van der Waals surface area contributed by atoms with Gasteiger partial charge in [-0.1, -0.05) is 17.3 Å². The molecule has 0 radical (unpaired) electrons. The van der Waals surface area contributed by atoms with Gasteiger partial charge in [-0.25, -0.2) is 8.42 Å². The van der Waals surface area contributed by atoms with Gasteiger partial charge in [0.2, 0.25) is 5.91 Å². The van der Waals surface area contributed by atoms with E-state index in [4.69, 9.17) is 4.52 Å². The van der Waals surface area contributed by atoms with Crippen molar-refractivity contribution in [3.8, 4) is 0 Å². The largest absolute Gasteiger partial charge is 0.361 e. The van der Waals surface area contributed by atoms with Crippen LogP contribution in [0, 0.1) is 6.92 Å². The van der Waals surface area contributed by atoms with Gasteiger partial charge in [-0.2, -0.15) is 0 Å². The minimum Gasteiger partial charge on any atom is -0.361 e. The van der Waals surface area contributed by atoms with E-state index >= 15 is 0 Å². The molecule has 3 aromatic rings. The number of sulfone groups is 1. The molecule has 1 atom stereocenters. The lowest BCUT2D eigenvalue weighted by molar-refractivity contribution is -0.120. The zero-order valence-electron chi connectivity index (χ0n) is 13.3. The highest BCUT2D eigenvalue weighted by atomic mass is 32.2. The molecule has 3 aromatic heterocycles. The van der Waals surface area contributed by atoms with E-state index in [1.54, 1.807) is 42.6 Å². The minimum absolute atomic E-state index is 0.0103. The zero-order chi connectivity index (χ0) is 17.9. The Morgan fingerprint density at radius 3 is 2.64 bits per heavy atom. The van der Waals surface area contributed by atoms with Crippen molar-refractivity contribution < 1.29 is 17.7 Å². The molecule has 0 spiro atoms. The first-order chi connectivity index (χ1) is 12.0. The summed E-state index contributed by atoms with van der Waals surface area (Å²) in [5.41, 5.74) is 0.517. The highest BCUT2D eigenvalue weighted by Gasteiger charge is 2.31. The van der Waals surface area contributed by atoms with Crippen molar-refractivity contribution in [2.75, 3.05) is 6.54 Å². The minimum atomic E-state index is -3.57. The fraction of sp³-hybridized carbons (Fsp3) is 0.250. The number of hydrogen-bond donors (Lipinski definition) is 1. The summed E-state index contributed by atoms with van der Waals surface area (Å²) >= 11 is 2.54. The first kappa shape index (κ1) is 17.8. The van der Waals surface area contributed by atoms with Gasteiger partial charge in [-0.3, -0.25) is 4.79 Å². The van der Waals surface area contributed by atoms with Crippen LogP contribution in [0.3, 0.4) is 0 Å². The van der Waals surface area contributed by atoms with E-state index in [1.807, 2.05) is 5.38 Å². The summed E-state index contributed by atoms with van der Waals surface area (Å²) in [6.45, 7) is 1.76. The van der Waals surface area contributed by atoms with Crippen LogP contribution in [0.2, 0.25) is 0 Å². The van der Waals surface area contributed by atoms with Gasteiger partial charge < -0.3 is 9.84 Å². The van der Waals surface area contributed by atoms with Gasteiger partial charge in [0, 0.05) is 17.5 Å².